The van der Waals surface area contributed by atoms with Gasteiger partial charge in [0.15, 0.2) is 12.4 Å². The number of benzene rings is 3. The summed E-state index contributed by atoms with van der Waals surface area (Å²) in [6.07, 6.45) is 0. The van der Waals surface area contributed by atoms with Gasteiger partial charge in [-0.3, -0.25) is 9.59 Å². The summed E-state index contributed by atoms with van der Waals surface area (Å²) in [5, 5.41) is 2.81. The molecular weight excluding hydrogens is 446 g/mol. The largest absolute Gasteiger partial charge is 0.492 e. The first-order valence-corrected chi connectivity index (χ1v) is 10.3. The van der Waals surface area contributed by atoms with Crippen LogP contribution >= 0.6 is 15.9 Å². The Morgan fingerprint density at radius 2 is 1.60 bits per heavy atom. The molecule has 0 fully saturated rings. The molecule has 154 valence electrons. The molecule has 0 aliphatic heterocycles. The third-order valence-electron chi connectivity index (χ3n) is 4.33. The lowest BCUT2D eigenvalue weighted by Crippen LogP contribution is -2.28. The maximum absolute atomic E-state index is 12.5. The lowest BCUT2D eigenvalue weighted by atomic mass is 10.1. The summed E-state index contributed by atoms with van der Waals surface area (Å²) in [6, 6.07) is 21.6. The summed E-state index contributed by atoms with van der Waals surface area (Å²) in [6.45, 7) is 2.55. The van der Waals surface area contributed by atoms with Crippen LogP contribution in [0.5, 0.6) is 11.5 Å². The van der Waals surface area contributed by atoms with Gasteiger partial charge >= 0.3 is 0 Å². The molecule has 0 aromatic heterocycles. The number of carbonyl (C=O) groups is 2. The number of hydrogen-bond donors (Lipinski definition) is 1. The Kier molecular flexibility index (Phi) is 7.63. The van der Waals surface area contributed by atoms with Crippen molar-refractivity contribution >= 4 is 27.6 Å². The molecule has 0 atom stereocenters. The number of halogens is 1. The van der Waals surface area contributed by atoms with Crippen molar-refractivity contribution in [2.75, 3.05) is 19.8 Å². The van der Waals surface area contributed by atoms with E-state index in [1.807, 2.05) is 31.2 Å². The molecule has 0 saturated carbocycles. The summed E-state index contributed by atoms with van der Waals surface area (Å²) in [5.41, 5.74) is 2.08. The van der Waals surface area contributed by atoms with E-state index in [2.05, 4.69) is 21.2 Å². The van der Waals surface area contributed by atoms with Crippen molar-refractivity contribution in [3.05, 3.63) is 94.0 Å². The number of aryl methyl sites for hydroxylation is 1. The van der Waals surface area contributed by atoms with E-state index in [-0.39, 0.29) is 18.3 Å². The topological polar surface area (TPSA) is 64.6 Å². The van der Waals surface area contributed by atoms with Gasteiger partial charge in [0.1, 0.15) is 18.1 Å². The van der Waals surface area contributed by atoms with E-state index in [1.165, 1.54) is 0 Å². The first-order chi connectivity index (χ1) is 14.5. The summed E-state index contributed by atoms with van der Waals surface area (Å²) in [4.78, 5) is 24.9. The van der Waals surface area contributed by atoms with E-state index in [9.17, 15) is 9.59 Å². The van der Waals surface area contributed by atoms with E-state index in [0.717, 1.165) is 15.8 Å². The summed E-state index contributed by atoms with van der Waals surface area (Å²) >= 11 is 3.34. The Morgan fingerprint density at radius 1 is 0.900 bits per heavy atom. The fraction of sp³-hybridized carbons (Fsp3) is 0.167. The van der Waals surface area contributed by atoms with Crippen LogP contribution in [-0.2, 0) is 0 Å². The third-order valence-corrected chi connectivity index (χ3v) is 4.86. The van der Waals surface area contributed by atoms with Crippen LogP contribution in [0, 0.1) is 6.92 Å². The molecule has 6 heteroatoms. The van der Waals surface area contributed by atoms with Crippen molar-refractivity contribution in [2.24, 2.45) is 0 Å². The fourth-order valence-electron chi connectivity index (χ4n) is 2.71. The van der Waals surface area contributed by atoms with Gasteiger partial charge in [0.25, 0.3) is 5.91 Å². The van der Waals surface area contributed by atoms with Crippen molar-refractivity contribution in [2.45, 2.75) is 6.92 Å². The number of nitrogens with one attached hydrogen (secondary N) is 1. The second-order valence-electron chi connectivity index (χ2n) is 6.63. The van der Waals surface area contributed by atoms with Gasteiger partial charge in [0, 0.05) is 10.0 Å². The maximum atomic E-state index is 12.5. The smallest absolute Gasteiger partial charge is 0.255 e. The molecule has 0 aliphatic rings. The molecule has 30 heavy (non-hydrogen) atoms. The van der Waals surface area contributed by atoms with Gasteiger partial charge in [-0.2, -0.15) is 0 Å². The molecule has 0 unspecified atom stereocenters. The van der Waals surface area contributed by atoms with E-state index in [4.69, 9.17) is 9.47 Å². The highest BCUT2D eigenvalue weighted by molar-refractivity contribution is 9.10. The lowest BCUT2D eigenvalue weighted by molar-refractivity contribution is 0.0902. The van der Waals surface area contributed by atoms with Gasteiger partial charge in [-0.25, -0.2) is 0 Å². The van der Waals surface area contributed by atoms with Crippen LogP contribution in [0.1, 0.15) is 26.3 Å². The number of ether oxygens (including phenoxy) is 2. The van der Waals surface area contributed by atoms with E-state index in [0.29, 0.717) is 30.0 Å². The molecule has 1 amide bonds. The third kappa shape index (κ3) is 6.19. The minimum absolute atomic E-state index is 0.150. The van der Waals surface area contributed by atoms with Crippen molar-refractivity contribution in [3.63, 3.8) is 0 Å². The molecular formula is C24H22BrNO4. The highest BCUT2D eigenvalue weighted by Crippen LogP contribution is 2.19. The Balaban J connectivity index is 1.52. The number of ketones is 1. The number of Topliss-reactive ketones (excluding diaryl/α,β-unsaturated/α-hetero) is 1. The van der Waals surface area contributed by atoms with E-state index >= 15 is 0 Å². The molecule has 0 bridgehead atoms. The zero-order chi connectivity index (χ0) is 21.3. The van der Waals surface area contributed by atoms with Gasteiger partial charge < -0.3 is 14.8 Å². The number of carbonyl (C=O) groups excluding carboxylic acids is 2. The minimum atomic E-state index is -0.283. The fourth-order valence-corrected chi connectivity index (χ4v) is 2.97. The van der Waals surface area contributed by atoms with Gasteiger partial charge in [-0.15, -0.1) is 0 Å². The maximum Gasteiger partial charge on any atom is 0.255 e. The number of para-hydroxylation sites is 1. The second-order valence-corrected chi connectivity index (χ2v) is 7.55. The number of amides is 1. The predicted octanol–water partition coefficient (Wildman–Crippen LogP) is 4.83. The van der Waals surface area contributed by atoms with Crippen molar-refractivity contribution in [1.82, 2.24) is 5.32 Å². The zero-order valence-corrected chi connectivity index (χ0v) is 18.1. The van der Waals surface area contributed by atoms with Crippen LogP contribution in [0.2, 0.25) is 0 Å². The SMILES string of the molecule is Cc1ccc(OCCNC(=O)c2ccccc2OCC(=O)c2ccc(Br)cc2)cc1. The first kappa shape index (κ1) is 21.6. The highest BCUT2D eigenvalue weighted by Gasteiger charge is 2.14. The average molecular weight is 468 g/mol. The van der Waals surface area contributed by atoms with Crippen LogP contribution < -0.4 is 14.8 Å². The Morgan fingerprint density at radius 3 is 2.33 bits per heavy atom. The lowest BCUT2D eigenvalue weighted by Gasteiger charge is -2.12. The summed E-state index contributed by atoms with van der Waals surface area (Å²) in [7, 11) is 0. The van der Waals surface area contributed by atoms with Crippen LogP contribution in [0.25, 0.3) is 0 Å². The molecule has 0 radical (unpaired) electrons. The molecule has 1 N–H and O–H groups in total. The quantitative estimate of drug-likeness (QED) is 0.361. The molecule has 0 heterocycles. The van der Waals surface area contributed by atoms with E-state index in [1.54, 1.807) is 48.5 Å². The van der Waals surface area contributed by atoms with E-state index < -0.39 is 0 Å². The Bertz CT molecular complexity index is 1000. The van der Waals surface area contributed by atoms with Gasteiger partial charge in [0.2, 0.25) is 0 Å². The molecule has 0 spiro atoms. The predicted molar refractivity (Wildman–Crippen MR) is 119 cm³/mol. The highest BCUT2D eigenvalue weighted by atomic mass is 79.9. The first-order valence-electron chi connectivity index (χ1n) is 9.51. The van der Waals surface area contributed by atoms with Crippen LogP contribution in [-0.4, -0.2) is 31.4 Å². The molecule has 3 aromatic rings. The molecule has 5 nitrogen and oxygen atoms in total. The standard InChI is InChI=1S/C24H22BrNO4/c1-17-6-12-20(13-7-17)29-15-14-26-24(28)21-4-2-3-5-23(21)30-16-22(27)18-8-10-19(25)11-9-18/h2-13H,14-16H2,1H3,(H,26,28). The van der Waals surface area contributed by atoms with Crippen LogP contribution in [0.3, 0.4) is 0 Å². The Hall–Kier alpha value is -3.12. The number of hydrogen-bond acceptors (Lipinski definition) is 4. The zero-order valence-electron chi connectivity index (χ0n) is 16.6. The number of rotatable bonds is 9. The molecule has 3 rings (SSSR count). The van der Waals surface area contributed by atoms with Crippen LogP contribution in [0.15, 0.2) is 77.3 Å². The monoisotopic (exact) mass is 467 g/mol. The van der Waals surface area contributed by atoms with Gasteiger partial charge in [0.05, 0.1) is 12.1 Å². The molecule has 3 aromatic carbocycles. The normalized spacial score (nSPS) is 10.3. The molecule has 0 aliphatic carbocycles. The molecule has 0 saturated heterocycles. The van der Waals surface area contributed by atoms with Crippen molar-refractivity contribution in [3.8, 4) is 11.5 Å². The summed E-state index contributed by atoms with van der Waals surface area (Å²) < 4.78 is 12.2. The van der Waals surface area contributed by atoms with Crippen molar-refractivity contribution in [1.29, 1.82) is 0 Å². The second kappa shape index (κ2) is 10.6. The average Bonchev–Trinajstić information content (AvgIpc) is 2.77. The van der Waals surface area contributed by atoms with Crippen LogP contribution in [0.4, 0.5) is 0 Å². The summed E-state index contributed by atoms with van der Waals surface area (Å²) in [5.74, 6) is 0.670. The van der Waals surface area contributed by atoms with Crippen molar-refractivity contribution < 1.29 is 19.1 Å². The Labute approximate surface area is 184 Å². The minimum Gasteiger partial charge on any atom is -0.492 e. The van der Waals surface area contributed by atoms with Gasteiger partial charge in [-0.05, 0) is 43.3 Å². The van der Waals surface area contributed by atoms with Gasteiger partial charge in [-0.1, -0.05) is 57.9 Å².